The molecule has 0 spiro atoms. The van der Waals surface area contributed by atoms with Crippen LogP contribution < -0.4 is 10.6 Å². The van der Waals surface area contributed by atoms with Crippen molar-refractivity contribution in [3.8, 4) is 0 Å². The summed E-state index contributed by atoms with van der Waals surface area (Å²) in [7, 11) is 0. The summed E-state index contributed by atoms with van der Waals surface area (Å²) >= 11 is 3.32. The number of nitrogens with one attached hydrogen (secondary N) is 3. The van der Waals surface area contributed by atoms with Gasteiger partial charge in [-0.25, -0.2) is 13.8 Å². The lowest BCUT2D eigenvalue weighted by Gasteiger charge is -2.09. The van der Waals surface area contributed by atoms with Gasteiger partial charge in [-0.1, -0.05) is 22.0 Å². The third kappa shape index (κ3) is 4.20. The zero-order valence-electron chi connectivity index (χ0n) is 13.9. The second kappa shape index (κ2) is 7.67. The van der Waals surface area contributed by atoms with Gasteiger partial charge in [0, 0.05) is 16.2 Å². The molecular formula is C18H13BrF2N4O2. The number of benzene rings is 2. The van der Waals surface area contributed by atoms with Crippen LogP contribution in [0.4, 0.5) is 20.2 Å². The molecule has 2 aromatic carbocycles. The molecule has 2 amide bonds. The van der Waals surface area contributed by atoms with E-state index in [2.05, 4.69) is 36.5 Å². The third-order valence-electron chi connectivity index (χ3n) is 3.71. The fraction of sp³-hybridized carbons (Fsp3) is 0.0556. The monoisotopic (exact) mass is 434 g/mol. The number of H-pyrrole nitrogens is 1. The van der Waals surface area contributed by atoms with Gasteiger partial charge in [-0.3, -0.25) is 9.59 Å². The van der Waals surface area contributed by atoms with E-state index in [0.717, 1.165) is 22.2 Å². The fourth-order valence-electron chi connectivity index (χ4n) is 2.33. The molecule has 9 heteroatoms. The number of halogens is 3. The van der Waals surface area contributed by atoms with Gasteiger partial charge in [0.15, 0.2) is 5.69 Å². The number of hydrogen-bond donors (Lipinski definition) is 3. The molecule has 0 unspecified atom stereocenters. The van der Waals surface area contributed by atoms with Crippen LogP contribution in [0.25, 0.3) is 0 Å². The Hall–Kier alpha value is -3.07. The quantitative estimate of drug-likeness (QED) is 0.573. The summed E-state index contributed by atoms with van der Waals surface area (Å²) in [6.07, 6.45) is 1.18. The Kier molecular flexibility index (Phi) is 5.31. The number of carbonyl (C=O) groups is 2. The third-order valence-corrected chi connectivity index (χ3v) is 4.20. The highest BCUT2D eigenvalue weighted by Gasteiger charge is 2.22. The van der Waals surface area contributed by atoms with Crippen molar-refractivity contribution in [3.05, 3.63) is 75.8 Å². The van der Waals surface area contributed by atoms with Crippen LogP contribution in [0.5, 0.6) is 0 Å². The van der Waals surface area contributed by atoms with Gasteiger partial charge in [0.05, 0.1) is 12.0 Å². The first kappa shape index (κ1) is 18.7. The summed E-state index contributed by atoms with van der Waals surface area (Å²) < 4.78 is 27.5. The number of anilines is 2. The molecule has 0 aliphatic carbocycles. The van der Waals surface area contributed by atoms with E-state index in [1.165, 1.54) is 6.33 Å². The first-order chi connectivity index (χ1) is 12.8. The Balaban J connectivity index is 1.81. The lowest BCUT2D eigenvalue weighted by Crippen LogP contribution is -2.21. The molecule has 0 aliphatic heterocycles. The molecule has 138 valence electrons. The van der Waals surface area contributed by atoms with Gasteiger partial charge < -0.3 is 15.6 Å². The molecule has 0 saturated heterocycles. The minimum absolute atomic E-state index is 0.149. The minimum atomic E-state index is -0.932. The predicted octanol–water partition coefficient (Wildman–Crippen LogP) is 4.26. The van der Waals surface area contributed by atoms with Crippen LogP contribution >= 0.6 is 15.9 Å². The van der Waals surface area contributed by atoms with Gasteiger partial charge in [0.2, 0.25) is 0 Å². The molecule has 1 heterocycles. The molecule has 0 fully saturated rings. The van der Waals surface area contributed by atoms with E-state index in [1.807, 2.05) is 19.1 Å². The Morgan fingerprint density at radius 1 is 1.04 bits per heavy atom. The Labute approximate surface area is 161 Å². The summed E-state index contributed by atoms with van der Waals surface area (Å²) in [5.41, 5.74) is 0.846. The number of aryl methyl sites for hydroxylation is 1. The zero-order valence-corrected chi connectivity index (χ0v) is 15.5. The molecule has 0 radical (unpaired) electrons. The van der Waals surface area contributed by atoms with Crippen molar-refractivity contribution in [2.75, 3.05) is 10.6 Å². The van der Waals surface area contributed by atoms with Crippen LogP contribution in [-0.2, 0) is 0 Å². The van der Waals surface area contributed by atoms with E-state index in [1.54, 1.807) is 6.07 Å². The molecule has 6 nitrogen and oxygen atoms in total. The molecule has 0 bridgehead atoms. The zero-order chi connectivity index (χ0) is 19.6. The second-order valence-electron chi connectivity index (χ2n) is 5.62. The van der Waals surface area contributed by atoms with E-state index in [-0.39, 0.29) is 17.1 Å². The fourth-order valence-corrected chi connectivity index (χ4v) is 2.69. The van der Waals surface area contributed by atoms with Crippen molar-refractivity contribution in [3.63, 3.8) is 0 Å². The van der Waals surface area contributed by atoms with Crippen molar-refractivity contribution < 1.29 is 18.4 Å². The van der Waals surface area contributed by atoms with Gasteiger partial charge in [0.1, 0.15) is 17.3 Å². The SMILES string of the molecule is Cc1ccc(Br)cc1NC(=O)c1nc[nH]c1C(=O)Nc1ccc(F)cc1F. The van der Waals surface area contributed by atoms with Crippen molar-refractivity contribution in [1.82, 2.24) is 9.97 Å². The highest BCUT2D eigenvalue weighted by Crippen LogP contribution is 2.22. The second-order valence-corrected chi connectivity index (χ2v) is 6.53. The molecule has 27 heavy (non-hydrogen) atoms. The predicted molar refractivity (Wildman–Crippen MR) is 99.7 cm³/mol. The van der Waals surface area contributed by atoms with Crippen LogP contribution in [0.15, 0.2) is 47.2 Å². The number of imidazole rings is 1. The summed E-state index contributed by atoms with van der Waals surface area (Å²) in [6, 6.07) is 8.10. The Bertz CT molecular complexity index is 1040. The van der Waals surface area contributed by atoms with Crippen LogP contribution in [0.2, 0.25) is 0 Å². The van der Waals surface area contributed by atoms with Gasteiger partial charge in [-0.2, -0.15) is 0 Å². The molecular weight excluding hydrogens is 422 g/mol. The summed E-state index contributed by atoms with van der Waals surface area (Å²) in [4.78, 5) is 31.3. The Morgan fingerprint density at radius 2 is 1.78 bits per heavy atom. The smallest absolute Gasteiger partial charge is 0.276 e. The molecule has 3 N–H and O–H groups in total. The number of rotatable bonds is 4. The van der Waals surface area contributed by atoms with Gasteiger partial charge >= 0.3 is 0 Å². The highest BCUT2D eigenvalue weighted by atomic mass is 79.9. The van der Waals surface area contributed by atoms with E-state index < -0.39 is 23.4 Å². The lowest BCUT2D eigenvalue weighted by molar-refractivity contribution is 0.0985. The van der Waals surface area contributed by atoms with Crippen LogP contribution in [-0.4, -0.2) is 21.8 Å². The van der Waals surface area contributed by atoms with Crippen LogP contribution in [0.1, 0.15) is 26.5 Å². The van der Waals surface area contributed by atoms with Crippen molar-refractivity contribution in [2.24, 2.45) is 0 Å². The number of nitrogens with zero attached hydrogens (tertiary/aromatic N) is 1. The molecule has 0 aliphatic rings. The molecule has 3 rings (SSSR count). The van der Waals surface area contributed by atoms with Gasteiger partial charge in [-0.05, 0) is 36.8 Å². The van der Waals surface area contributed by atoms with Crippen LogP contribution in [0, 0.1) is 18.6 Å². The lowest BCUT2D eigenvalue weighted by atomic mass is 10.2. The largest absolute Gasteiger partial charge is 0.340 e. The number of carbonyl (C=O) groups excluding carboxylic acids is 2. The van der Waals surface area contributed by atoms with E-state index in [0.29, 0.717) is 11.8 Å². The number of hydrogen-bond acceptors (Lipinski definition) is 3. The van der Waals surface area contributed by atoms with E-state index in [9.17, 15) is 18.4 Å². The first-order valence-electron chi connectivity index (χ1n) is 7.72. The molecule has 3 aromatic rings. The van der Waals surface area contributed by atoms with E-state index >= 15 is 0 Å². The van der Waals surface area contributed by atoms with Crippen molar-refractivity contribution in [1.29, 1.82) is 0 Å². The average molecular weight is 435 g/mol. The molecule has 0 saturated carbocycles. The molecule has 1 aromatic heterocycles. The van der Waals surface area contributed by atoms with Crippen molar-refractivity contribution in [2.45, 2.75) is 6.92 Å². The summed E-state index contributed by atoms with van der Waals surface area (Å²) in [5.74, 6) is -3.09. The standard InChI is InChI=1S/C18H13BrF2N4O2/c1-9-2-3-10(19)6-14(9)25-18(27)16-15(22-8-23-16)17(26)24-13-5-4-11(20)7-12(13)21/h2-8H,1H3,(H,22,23)(H,24,26)(H,25,27). The maximum absolute atomic E-state index is 13.7. The number of aromatic nitrogens is 2. The number of aromatic amines is 1. The minimum Gasteiger partial charge on any atom is -0.340 e. The Morgan fingerprint density at radius 3 is 2.52 bits per heavy atom. The van der Waals surface area contributed by atoms with Crippen molar-refractivity contribution >= 4 is 39.1 Å². The first-order valence-corrected chi connectivity index (χ1v) is 8.51. The average Bonchev–Trinajstić information content (AvgIpc) is 3.10. The summed E-state index contributed by atoms with van der Waals surface area (Å²) in [5, 5.41) is 4.96. The summed E-state index contributed by atoms with van der Waals surface area (Å²) in [6.45, 7) is 1.82. The topological polar surface area (TPSA) is 86.9 Å². The number of amides is 2. The normalized spacial score (nSPS) is 10.5. The maximum atomic E-state index is 13.7. The van der Waals surface area contributed by atoms with Crippen LogP contribution in [0.3, 0.4) is 0 Å². The van der Waals surface area contributed by atoms with E-state index in [4.69, 9.17) is 0 Å². The van der Waals surface area contributed by atoms with Gasteiger partial charge in [0.25, 0.3) is 11.8 Å². The maximum Gasteiger partial charge on any atom is 0.276 e. The van der Waals surface area contributed by atoms with Gasteiger partial charge in [-0.15, -0.1) is 0 Å². The highest BCUT2D eigenvalue weighted by molar-refractivity contribution is 9.10. The molecule has 0 atom stereocenters.